The molecule has 0 aromatic rings. The first-order valence-corrected chi connectivity index (χ1v) is 13.1. The second-order valence-corrected chi connectivity index (χ2v) is 9.76. The minimum absolute atomic E-state index is 0.269. The maximum atomic E-state index is 10.6. The molecule has 1 N–H and O–H groups in total. The average molecular weight is 427 g/mol. The molecule has 0 spiro atoms. The largest absolute Gasteiger partial charge is 0.481 e. The molecule has 5 heteroatoms. The first-order valence-electron chi connectivity index (χ1n) is 11.9. The molecular weight excluding hydrogens is 384 g/mol. The van der Waals surface area contributed by atoms with E-state index in [-0.39, 0.29) is 6.42 Å². The predicted octanol–water partition coefficient (Wildman–Crippen LogP) is 6.09. The number of carbonyl (C=O) groups is 1. The second-order valence-electron chi connectivity index (χ2n) is 8.54. The monoisotopic (exact) mass is 426 g/mol. The normalized spacial score (nSPS) is 26.0. The van der Waals surface area contributed by atoms with Gasteiger partial charge in [0, 0.05) is 19.6 Å². The van der Waals surface area contributed by atoms with Gasteiger partial charge in [-0.2, -0.15) is 11.8 Å². The quantitative estimate of drug-likeness (QED) is 0.212. The van der Waals surface area contributed by atoms with Crippen molar-refractivity contribution >= 4 is 17.7 Å². The summed E-state index contributed by atoms with van der Waals surface area (Å²) in [4.78, 5) is 10.6. The average Bonchev–Trinajstić information content (AvgIpc) is 3.30. The zero-order valence-electron chi connectivity index (χ0n) is 18.4. The van der Waals surface area contributed by atoms with Gasteiger partial charge in [-0.25, -0.2) is 0 Å². The Morgan fingerprint density at radius 3 is 2.62 bits per heavy atom. The van der Waals surface area contributed by atoms with Crippen LogP contribution in [-0.4, -0.2) is 48.0 Å². The van der Waals surface area contributed by atoms with E-state index in [1.807, 2.05) is 0 Å². The summed E-state index contributed by atoms with van der Waals surface area (Å²) < 4.78 is 11.9. The number of fused-ring (bicyclic) bond motifs is 2. The van der Waals surface area contributed by atoms with Gasteiger partial charge in [0.25, 0.3) is 0 Å². The highest BCUT2D eigenvalue weighted by atomic mass is 32.2. The van der Waals surface area contributed by atoms with Gasteiger partial charge >= 0.3 is 5.97 Å². The van der Waals surface area contributed by atoms with Crippen LogP contribution < -0.4 is 0 Å². The van der Waals surface area contributed by atoms with E-state index in [1.54, 1.807) is 0 Å². The number of thioether (sulfide) groups is 1. The van der Waals surface area contributed by atoms with Crippen LogP contribution in [0, 0.1) is 11.8 Å². The molecule has 2 bridgehead atoms. The number of carboxylic acids is 1. The Hall–Kier alpha value is -0.520. The van der Waals surface area contributed by atoms with E-state index < -0.39 is 5.97 Å². The van der Waals surface area contributed by atoms with Crippen LogP contribution in [0.4, 0.5) is 0 Å². The van der Waals surface area contributed by atoms with Crippen molar-refractivity contribution in [1.29, 1.82) is 0 Å². The first kappa shape index (κ1) is 24.7. The molecule has 0 amide bonds. The molecule has 29 heavy (non-hydrogen) atoms. The number of unbranched alkanes of at least 4 members (excludes halogenated alkanes) is 4. The van der Waals surface area contributed by atoms with Crippen LogP contribution >= 0.6 is 11.8 Å². The molecule has 2 aliphatic rings. The van der Waals surface area contributed by atoms with Crippen molar-refractivity contribution in [2.75, 3.05) is 24.7 Å². The number of aliphatic carboxylic acids is 1. The fraction of sp³-hybridized carbons (Fsp3) is 0.875. The SMILES string of the molecule is CCCCCCOCCCSCC[C@@H]1[C@@H](C/C=C\CCCC(=O)O)[C@H]2CC[C@@H]1O2. The van der Waals surface area contributed by atoms with Crippen LogP contribution in [0.2, 0.25) is 0 Å². The van der Waals surface area contributed by atoms with Crippen LogP contribution in [0.3, 0.4) is 0 Å². The molecule has 0 aliphatic carbocycles. The fourth-order valence-corrected chi connectivity index (χ4v) is 5.62. The lowest BCUT2D eigenvalue weighted by atomic mass is 9.76. The Morgan fingerprint density at radius 1 is 1.03 bits per heavy atom. The molecule has 0 aromatic heterocycles. The van der Waals surface area contributed by atoms with Crippen LogP contribution in [0.1, 0.15) is 84.0 Å². The van der Waals surface area contributed by atoms with Gasteiger partial charge in [0.1, 0.15) is 0 Å². The van der Waals surface area contributed by atoms with E-state index in [1.165, 1.54) is 56.5 Å². The molecule has 2 saturated heterocycles. The molecule has 2 aliphatic heterocycles. The molecule has 2 fully saturated rings. The molecule has 4 atom stereocenters. The molecular formula is C24H42O4S. The number of hydrogen-bond donors (Lipinski definition) is 1. The highest BCUT2D eigenvalue weighted by Gasteiger charge is 2.47. The Morgan fingerprint density at radius 2 is 1.83 bits per heavy atom. The van der Waals surface area contributed by atoms with E-state index in [0.717, 1.165) is 38.9 Å². The standard InChI is InChI=1S/C24H42O4S/c1-2-3-4-9-16-27-17-10-18-29-19-15-21-20(22-13-14-23(21)28-22)11-7-5-6-8-12-24(25)26/h5,7,20-23H,2-4,6,8-19H2,1H3,(H,25,26)/b7-5-/t20-,21-,22-,23+/m1/s1. The third kappa shape index (κ3) is 9.89. The van der Waals surface area contributed by atoms with Crippen LogP contribution in [0.15, 0.2) is 12.2 Å². The Balaban J connectivity index is 1.52. The van der Waals surface area contributed by atoms with Gasteiger partial charge in [0.05, 0.1) is 12.2 Å². The summed E-state index contributed by atoms with van der Waals surface area (Å²) in [5.41, 5.74) is 0. The summed E-state index contributed by atoms with van der Waals surface area (Å²) in [5.74, 6) is 3.10. The molecule has 0 saturated carbocycles. The van der Waals surface area contributed by atoms with Crippen molar-refractivity contribution in [3.63, 3.8) is 0 Å². The maximum Gasteiger partial charge on any atom is 0.303 e. The molecule has 0 aromatic carbocycles. The van der Waals surface area contributed by atoms with Crippen LogP contribution in [-0.2, 0) is 14.3 Å². The first-order chi connectivity index (χ1) is 14.2. The summed E-state index contributed by atoms with van der Waals surface area (Å²) >= 11 is 2.07. The topological polar surface area (TPSA) is 55.8 Å². The number of hydrogen-bond acceptors (Lipinski definition) is 4. The van der Waals surface area contributed by atoms with Crippen LogP contribution in [0.5, 0.6) is 0 Å². The van der Waals surface area contributed by atoms with Gasteiger partial charge in [-0.1, -0.05) is 38.3 Å². The number of ether oxygens (including phenoxy) is 2. The van der Waals surface area contributed by atoms with Crippen molar-refractivity contribution < 1.29 is 19.4 Å². The van der Waals surface area contributed by atoms with Gasteiger partial charge in [-0.15, -0.1) is 0 Å². The zero-order chi connectivity index (χ0) is 20.7. The van der Waals surface area contributed by atoms with Crippen LogP contribution in [0.25, 0.3) is 0 Å². The number of allylic oxidation sites excluding steroid dienone is 2. The highest BCUT2D eigenvalue weighted by molar-refractivity contribution is 7.99. The summed E-state index contributed by atoms with van der Waals surface area (Å²) in [6.45, 7) is 4.08. The predicted molar refractivity (Wildman–Crippen MR) is 122 cm³/mol. The molecule has 2 heterocycles. The van der Waals surface area contributed by atoms with Gasteiger partial charge in [-0.05, 0) is 74.7 Å². The third-order valence-corrected chi connectivity index (χ3v) is 7.34. The molecule has 168 valence electrons. The summed E-state index contributed by atoms with van der Waals surface area (Å²) in [6, 6.07) is 0. The summed E-state index contributed by atoms with van der Waals surface area (Å²) in [7, 11) is 0. The van der Waals surface area contributed by atoms with Crippen molar-refractivity contribution in [3.05, 3.63) is 12.2 Å². The lowest BCUT2D eigenvalue weighted by molar-refractivity contribution is -0.137. The Kier molecular flexibility index (Phi) is 13.1. The van der Waals surface area contributed by atoms with E-state index in [4.69, 9.17) is 14.6 Å². The second kappa shape index (κ2) is 15.3. The van der Waals surface area contributed by atoms with Crippen molar-refractivity contribution in [2.24, 2.45) is 11.8 Å². The van der Waals surface area contributed by atoms with Gasteiger partial charge < -0.3 is 14.6 Å². The fourth-order valence-electron chi connectivity index (χ4n) is 4.66. The van der Waals surface area contributed by atoms with Gasteiger partial charge in [-0.3, -0.25) is 4.79 Å². The van der Waals surface area contributed by atoms with Crippen molar-refractivity contribution in [3.8, 4) is 0 Å². The molecule has 2 rings (SSSR count). The van der Waals surface area contributed by atoms with Crippen molar-refractivity contribution in [2.45, 2.75) is 96.2 Å². The lowest BCUT2D eigenvalue weighted by Crippen LogP contribution is -2.27. The number of carboxylic acid groups (broad SMARTS) is 1. The summed E-state index contributed by atoms with van der Waals surface area (Å²) in [5, 5.41) is 8.70. The smallest absolute Gasteiger partial charge is 0.303 e. The minimum Gasteiger partial charge on any atom is -0.481 e. The van der Waals surface area contributed by atoms with E-state index in [0.29, 0.717) is 24.0 Å². The Labute approximate surface area is 182 Å². The van der Waals surface area contributed by atoms with Crippen molar-refractivity contribution in [1.82, 2.24) is 0 Å². The minimum atomic E-state index is -0.698. The lowest BCUT2D eigenvalue weighted by Gasteiger charge is -2.27. The Bertz CT molecular complexity index is 468. The van der Waals surface area contributed by atoms with E-state index in [2.05, 4.69) is 30.8 Å². The molecule has 0 radical (unpaired) electrons. The maximum absolute atomic E-state index is 10.6. The highest BCUT2D eigenvalue weighted by Crippen LogP contribution is 2.47. The molecule has 4 nitrogen and oxygen atoms in total. The van der Waals surface area contributed by atoms with Gasteiger partial charge in [0.2, 0.25) is 0 Å². The van der Waals surface area contributed by atoms with E-state index in [9.17, 15) is 4.79 Å². The molecule has 0 unspecified atom stereocenters. The summed E-state index contributed by atoms with van der Waals surface area (Å²) in [6.07, 6.45) is 18.4. The number of rotatable bonds is 18. The van der Waals surface area contributed by atoms with Gasteiger partial charge in [0.15, 0.2) is 0 Å². The van der Waals surface area contributed by atoms with E-state index >= 15 is 0 Å². The zero-order valence-corrected chi connectivity index (χ0v) is 19.2. The third-order valence-electron chi connectivity index (χ3n) is 6.24.